The van der Waals surface area contributed by atoms with Crippen LogP contribution in [0.3, 0.4) is 0 Å². The Hall–Kier alpha value is -2.36. The first-order valence-electron chi connectivity index (χ1n) is 5.54. The minimum atomic E-state index is -0.474. The Bertz CT molecular complexity index is 623. The molecule has 18 heavy (non-hydrogen) atoms. The van der Waals surface area contributed by atoms with E-state index < -0.39 is 5.63 Å². The summed E-state index contributed by atoms with van der Waals surface area (Å²) in [6, 6.07) is 8.35. The second-order valence-corrected chi connectivity index (χ2v) is 4.05. The minimum absolute atomic E-state index is 0.299. The number of nitrogens with one attached hydrogen (secondary N) is 1. The summed E-state index contributed by atoms with van der Waals surface area (Å²) in [5, 5.41) is 2.79. The van der Waals surface area contributed by atoms with Gasteiger partial charge in [0.25, 0.3) is 5.91 Å². The van der Waals surface area contributed by atoms with Gasteiger partial charge in [0.2, 0.25) is 0 Å². The van der Waals surface area contributed by atoms with Crippen molar-refractivity contribution in [3.63, 3.8) is 0 Å². The number of rotatable bonds is 2. The van der Waals surface area contributed by atoms with Gasteiger partial charge in [-0.2, -0.15) is 0 Å². The van der Waals surface area contributed by atoms with Crippen LogP contribution in [0.4, 0.5) is 5.69 Å². The van der Waals surface area contributed by atoms with E-state index in [2.05, 4.69) is 9.73 Å². The van der Waals surface area contributed by atoms with Gasteiger partial charge in [-0.3, -0.25) is 4.79 Å². The average Bonchev–Trinajstić information content (AvgIpc) is 2.36. The van der Waals surface area contributed by atoms with E-state index in [1.54, 1.807) is 0 Å². The molecule has 1 N–H and O–H groups in total. The summed E-state index contributed by atoms with van der Waals surface area (Å²) in [5.74, 6) is -0.299. The van der Waals surface area contributed by atoms with Crippen molar-refractivity contribution >= 4 is 11.6 Å². The molecule has 0 aliphatic carbocycles. The van der Waals surface area contributed by atoms with Gasteiger partial charge < -0.3 is 9.73 Å². The van der Waals surface area contributed by atoms with E-state index in [0.29, 0.717) is 5.56 Å². The Kier molecular flexibility index (Phi) is 3.28. The highest BCUT2D eigenvalue weighted by Gasteiger charge is 2.09. The van der Waals surface area contributed by atoms with Crippen LogP contribution in [0.2, 0.25) is 0 Å². The average molecular weight is 243 g/mol. The van der Waals surface area contributed by atoms with E-state index >= 15 is 0 Å². The Balaban J connectivity index is 2.24. The molecule has 1 heterocycles. The summed E-state index contributed by atoms with van der Waals surface area (Å²) in [4.78, 5) is 22.7. The Morgan fingerprint density at radius 3 is 2.61 bits per heavy atom. The van der Waals surface area contributed by atoms with Crippen LogP contribution in [0, 0.1) is 13.8 Å². The van der Waals surface area contributed by atoms with Crippen LogP contribution in [0.5, 0.6) is 0 Å². The number of carbonyl (C=O) groups is 1. The van der Waals surface area contributed by atoms with Crippen LogP contribution in [0.15, 0.2) is 45.8 Å². The summed E-state index contributed by atoms with van der Waals surface area (Å²) in [5.41, 5.74) is 2.72. The maximum absolute atomic E-state index is 11.9. The van der Waals surface area contributed by atoms with Gasteiger partial charge in [-0.15, -0.1) is 0 Å². The van der Waals surface area contributed by atoms with E-state index in [4.69, 9.17) is 0 Å². The van der Waals surface area contributed by atoms with Crippen molar-refractivity contribution < 1.29 is 9.21 Å². The fourth-order valence-corrected chi connectivity index (χ4v) is 1.57. The van der Waals surface area contributed by atoms with Gasteiger partial charge in [0.05, 0.1) is 5.56 Å². The van der Waals surface area contributed by atoms with Crippen molar-refractivity contribution in [3.8, 4) is 0 Å². The molecule has 0 radical (unpaired) electrons. The van der Waals surface area contributed by atoms with Gasteiger partial charge in [-0.25, -0.2) is 4.79 Å². The second kappa shape index (κ2) is 4.87. The van der Waals surface area contributed by atoms with Gasteiger partial charge in [-0.05, 0) is 37.1 Å². The molecule has 0 fully saturated rings. The zero-order valence-electron chi connectivity index (χ0n) is 10.2. The number of hydrogen-bond donors (Lipinski definition) is 1. The highest BCUT2D eigenvalue weighted by molar-refractivity contribution is 6.04. The van der Waals surface area contributed by atoms with Crippen LogP contribution in [-0.4, -0.2) is 5.91 Å². The number of hydrogen-bond acceptors (Lipinski definition) is 3. The third-order valence-corrected chi connectivity index (χ3v) is 2.82. The molecule has 2 rings (SSSR count). The third-order valence-electron chi connectivity index (χ3n) is 2.82. The lowest BCUT2D eigenvalue weighted by Gasteiger charge is -2.09. The number of anilines is 1. The summed E-state index contributed by atoms with van der Waals surface area (Å²) >= 11 is 0. The molecule has 0 bridgehead atoms. The lowest BCUT2D eigenvalue weighted by atomic mass is 10.1. The van der Waals surface area contributed by atoms with Crippen LogP contribution in [-0.2, 0) is 0 Å². The highest BCUT2D eigenvalue weighted by Crippen LogP contribution is 2.18. The van der Waals surface area contributed by atoms with Gasteiger partial charge in [0.15, 0.2) is 0 Å². The van der Waals surface area contributed by atoms with Crippen molar-refractivity contribution in [2.75, 3.05) is 5.32 Å². The zero-order valence-corrected chi connectivity index (χ0v) is 10.2. The predicted molar refractivity (Wildman–Crippen MR) is 68.8 cm³/mol. The molecule has 1 aromatic carbocycles. The first-order valence-corrected chi connectivity index (χ1v) is 5.54. The van der Waals surface area contributed by atoms with Crippen molar-refractivity contribution in [1.29, 1.82) is 0 Å². The molecule has 92 valence electrons. The SMILES string of the molecule is Cc1cccc(NC(=O)c2ccc(=O)oc2)c1C. The van der Waals surface area contributed by atoms with Crippen molar-refractivity contribution in [3.05, 3.63) is 63.7 Å². The molecule has 0 atom stereocenters. The standard InChI is InChI=1S/C14H13NO3/c1-9-4-3-5-12(10(9)2)15-14(17)11-6-7-13(16)18-8-11/h3-8H,1-2H3,(H,15,17). The number of benzene rings is 1. The monoisotopic (exact) mass is 243 g/mol. The molecular weight excluding hydrogens is 230 g/mol. The van der Waals surface area contributed by atoms with Crippen LogP contribution in [0.25, 0.3) is 0 Å². The molecule has 4 nitrogen and oxygen atoms in total. The molecule has 0 aliphatic heterocycles. The summed E-state index contributed by atoms with van der Waals surface area (Å²) < 4.78 is 4.65. The Morgan fingerprint density at radius 1 is 1.17 bits per heavy atom. The first-order chi connectivity index (χ1) is 8.58. The lowest BCUT2D eigenvalue weighted by molar-refractivity contribution is 0.102. The summed E-state index contributed by atoms with van der Waals surface area (Å²) in [6.07, 6.45) is 1.16. The molecule has 1 amide bonds. The molecule has 2 aromatic rings. The molecular formula is C14H13NO3. The zero-order chi connectivity index (χ0) is 13.1. The highest BCUT2D eigenvalue weighted by atomic mass is 16.4. The van der Waals surface area contributed by atoms with Gasteiger partial charge in [-0.1, -0.05) is 12.1 Å². The number of aryl methyl sites for hydroxylation is 1. The quantitative estimate of drug-likeness (QED) is 0.881. The molecule has 1 aromatic heterocycles. The van der Waals surface area contributed by atoms with E-state index in [-0.39, 0.29) is 5.91 Å². The number of amides is 1. The van der Waals surface area contributed by atoms with Gasteiger partial charge in [0.1, 0.15) is 6.26 Å². The maximum Gasteiger partial charge on any atom is 0.335 e. The molecule has 0 saturated heterocycles. The summed E-state index contributed by atoms with van der Waals surface area (Å²) in [6.45, 7) is 3.92. The molecule has 0 aliphatic rings. The van der Waals surface area contributed by atoms with E-state index in [0.717, 1.165) is 23.1 Å². The van der Waals surface area contributed by atoms with Gasteiger partial charge >= 0.3 is 5.63 Å². The smallest absolute Gasteiger partial charge is 0.335 e. The van der Waals surface area contributed by atoms with Crippen LogP contribution < -0.4 is 10.9 Å². The van der Waals surface area contributed by atoms with Crippen LogP contribution >= 0.6 is 0 Å². The van der Waals surface area contributed by atoms with Crippen molar-refractivity contribution in [1.82, 2.24) is 0 Å². The van der Waals surface area contributed by atoms with E-state index in [1.807, 2.05) is 32.0 Å². The maximum atomic E-state index is 11.9. The summed E-state index contributed by atoms with van der Waals surface area (Å²) in [7, 11) is 0. The third kappa shape index (κ3) is 2.48. The molecule has 0 unspecified atom stereocenters. The van der Waals surface area contributed by atoms with E-state index in [9.17, 15) is 9.59 Å². The van der Waals surface area contributed by atoms with Gasteiger partial charge in [0, 0.05) is 11.8 Å². The predicted octanol–water partition coefficient (Wildman–Crippen LogP) is 2.51. The molecule has 0 spiro atoms. The Morgan fingerprint density at radius 2 is 1.94 bits per heavy atom. The topological polar surface area (TPSA) is 59.3 Å². The van der Waals surface area contributed by atoms with Crippen molar-refractivity contribution in [2.45, 2.75) is 13.8 Å². The molecule has 0 saturated carbocycles. The number of carbonyl (C=O) groups excluding carboxylic acids is 1. The molecule has 4 heteroatoms. The fourth-order valence-electron chi connectivity index (χ4n) is 1.57. The normalized spacial score (nSPS) is 10.1. The van der Waals surface area contributed by atoms with E-state index in [1.165, 1.54) is 12.1 Å². The van der Waals surface area contributed by atoms with Crippen LogP contribution in [0.1, 0.15) is 21.5 Å². The van der Waals surface area contributed by atoms with Crippen molar-refractivity contribution in [2.24, 2.45) is 0 Å². The first kappa shape index (κ1) is 12.1. The minimum Gasteiger partial charge on any atom is -0.430 e. The fraction of sp³-hybridized carbons (Fsp3) is 0.143. The largest absolute Gasteiger partial charge is 0.430 e. The Labute approximate surface area is 104 Å². The second-order valence-electron chi connectivity index (χ2n) is 4.05. The lowest BCUT2D eigenvalue weighted by Crippen LogP contribution is -2.14.